The summed E-state index contributed by atoms with van der Waals surface area (Å²) in [7, 11) is 1.54. The molecule has 70 valence electrons. The van der Waals surface area contributed by atoms with E-state index in [1.807, 2.05) is 0 Å². The maximum atomic E-state index is 10.5. The van der Waals surface area contributed by atoms with Crippen molar-refractivity contribution < 1.29 is 4.74 Å². The highest BCUT2D eigenvalue weighted by Gasteiger charge is 2.10. The van der Waals surface area contributed by atoms with Crippen LogP contribution in [-0.4, -0.2) is 7.11 Å². The Kier molecular flexibility index (Phi) is 3.87. The molecule has 0 saturated carbocycles. The minimum atomic E-state index is -0.0707. The molecular formula is C8H7Br2NO2. The first-order valence-electron chi connectivity index (χ1n) is 3.48. The third-order valence-corrected chi connectivity index (χ3v) is 2.56. The molecule has 0 aliphatic carbocycles. The lowest BCUT2D eigenvalue weighted by atomic mass is 10.2. The average Bonchev–Trinajstić information content (AvgIpc) is 2.16. The van der Waals surface area contributed by atoms with Crippen LogP contribution in [0.15, 0.2) is 23.4 Å². The number of rotatable bonds is 3. The van der Waals surface area contributed by atoms with E-state index in [2.05, 4.69) is 37.0 Å². The van der Waals surface area contributed by atoms with Gasteiger partial charge in [-0.05, 0) is 11.2 Å². The summed E-state index contributed by atoms with van der Waals surface area (Å²) >= 11 is 6.60. The quantitative estimate of drug-likeness (QED) is 0.628. The van der Waals surface area contributed by atoms with E-state index >= 15 is 0 Å². The van der Waals surface area contributed by atoms with Crippen LogP contribution in [0.2, 0.25) is 0 Å². The summed E-state index contributed by atoms with van der Waals surface area (Å²) in [5, 5.41) is 2.91. The Morgan fingerprint density at radius 2 is 2.15 bits per heavy atom. The Hall–Kier alpha value is -0.420. The summed E-state index contributed by atoms with van der Waals surface area (Å²) < 4.78 is 4.89. The molecule has 1 rings (SSSR count). The second-order valence-electron chi connectivity index (χ2n) is 2.32. The van der Waals surface area contributed by atoms with Crippen molar-refractivity contribution in [2.75, 3.05) is 7.11 Å². The maximum absolute atomic E-state index is 10.5. The number of hydrogen-bond acceptors (Lipinski definition) is 3. The van der Waals surface area contributed by atoms with Crippen LogP contribution in [0, 0.1) is 4.91 Å². The first-order chi connectivity index (χ1) is 6.19. The summed E-state index contributed by atoms with van der Waals surface area (Å²) in [5.74, 6) is 0.624. The van der Waals surface area contributed by atoms with E-state index in [4.69, 9.17) is 4.74 Å². The smallest absolute Gasteiger partial charge is 0.121 e. The fourth-order valence-electron chi connectivity index (χ4n) is 0.914. The zero-order valence-electron chi connectivity index (χ0n) is 6.83. The molecule has 0 saturated heterocycles. The summed E-state index contributed by atoms with van der Waals surface area (Å²) in [4.78, 5) is 10.5. The number of alkyl halides is 2. The number of methoxy groups -OCH3 is 1. The van der Waals surface area contributed by atoms with Gasteiger partial charge in [-0.3, -0.25) is 0 Å². The number of hydrogen-bond donors (Lipinski definition) is 0. The first-order valence-corrected chi connectivity index (χ1v) is 5.31. The van der Waals surface area contributed by atoms with Gasteiger partial charge in [0.25, 0.3) is 0 Å². The second-order valence-corrected chi connectivity index (χ2v) is 5.38. The summed E-state index contributed by atoms with van der Waals surface area (Å²) in [5.41, 5.74) is 1.16. The molecule has 0 aliphatic rings. The Balaban J connectivity index is 3.15. The van der Waals surface area contributed by atoms with Crippen molar-refractivity contribution in [1.82, 2.24) is 0 Å². The fourth-order valence-corrected chi connectivity index (χ4v) is 1.69. The molecule has 0 bridgehead atoms. The molecule has 0 amide bonds. The number of nitroso groups, excluding NO2 is 1. The number of benzene rings is 1. The van der Waals surface area contributed by atoms with Crippen LogP contribution in [0.3, 0.4) is 0 Å². The van der Waals surface area contributed by atoms with Crippen LogP contribution >= 0.6 is 31.9 Å². The molecule has 1 aromatic rings. The Morgan fingerprint density at radius 3 is 2.62 bits per heavy atom. The summed E-state index contributed by atoms with van der Waals surface area (Å²) in [6.45, 7) is 0. The van der Waals surface area contributed by atoms with E-state index in [1.165, 1.54) is 0 Å². The molecular weight excluding hydrogens is 302 g/mol. The fraction of sp³-hybridized carbons (Fsp3) is 0.250. The van der Waals surface area contributed by atoms with Crippen LogP contribution in [0.4, 0.5) is 5.69 Å². The van der Waals surface area contributed by atoms with Crippen LogP contribution in [0.1, 0.15) is 9.30 Å². The second kappa shape index (κ2) is 4.72. The van der Waals surface area contributed by atoms with E-state index in [1.54, 1.807) is 25.3 Å². The minimum Gasteiger partial charge on any atom is -0.497 e. The largest absolute Gasteiger partial charge is 0.497 e. The molecule has 3 nitrogen and oxygen atoms in total. The number of halogens is 2. The SMILES string of the molecule is COc1ccc(C(Br)Br)c(N=O)c1. The first kappa shape index (κ1) is 10.7. The zero-order chi connectivity index (χ0) is 9.84. The van der Waals surface area contributed by atoms with E-state index < -0.39 is 0 Å². The highest BCUT2D eigenvalue weighted by molar-refractivity contribution is 9.24. The van der Waals surface area contributed by atoms with Gasteiger partial charge in [-0.1, -0.05) is 37.9 Å². The zero-order valence-corrected chi connectivity index (χ0v) is 10.0. The van der Waals surface area contributed by atoms with Crippen molar-refractivity contribution in [3.05, 3.63) is 28.7 Å². The standard InChI is InChI=1S/C8H7Br2NO2/c1-13-5-2-3-6(8(9)10)7(4-5)11-12/h2-4,8H,1H3. The van der Waals surface area contributed by atoms with E-state index in [0.717, 1.165) is 5.56 Å². The van der Waals surface area contributed by atoms with Crippen molar-refractivity contribution in [2.24, 2.45) is 5.18 Å². The predicted molar refractivity (Wildman–Crippen MR) is 59.0 cm³/mol. The molecule has 0 heterocycles. The normalized spacial score (nSPS) is 10.2. The van der Waals surface area contributed by atoms with Gasteiger partial charge in [0, 0.05) is 11.6 Å². The lowest BCUT2D eigenvalue weighted by Gasteiger charge is -2.06. The molecule has 1 aromatic carbocycles. The van der Waals surface area contributed by atoms with Gasteiger partial charge < -0.3 is 4.74 Å². The van der Waals surface area contributed by atoms with Crippen molar-refractivity contribution in [1.29, 1.82) is 0 Å². The van der Waals surface area contributed by atoms with Crippen LogP contribution in [0.25, 0.3) is 0 Å². The molecule has 0 aliphatic heterocycles. The third kappa shape index (κ3) is 2.51. The minimum absolute atomic E-state index is 0.0707. The Labute approximate surface area is 92.7 Å². The van der Waals surface area contributed by atoms with Gasteiger partial charge >= 0.3 is 0 Å². The van der Waals surface area contributed by atoms with E-state index in [9.17, 15) is 4.91 Å². The van der Waals surface area contributed by atoms with Crippen molar-refractivity contribution in [2.45, 2.75) is 3.74 Å². The predicted octanol–water partition coefficient (Wildman–Crippen LogP) is 3.88. The van der Waals surface area contributed by atoms with Crippen molar-refractivity contribution >= 4 is 37.5 Å². The highest BCUT2D eigenvalue weighted by Crippen LogP contribution is 2.37. The molecule has 5 heteroatoms. The Morgan fingerprint density at radius 1 is 1.46 bits per heavy atom. The molecule has 0 N–H and O–H groups in total. The third-order valence-electron chi connectivity index (χ3n) is 1.57. The van der Waals surface area contributed by atoms with Gasteiger partial charge in [0.05, 0.1) is 10.8 Å². The van der Waals surface area contributed by atoms with Gasteiger partial charge in [0.2, 0.25) is 0 Å². The molecule has 0 atom stereocenters. The summed E-state index contributed by atoms with van der Waals surface area (Å²) in [6, 6.07) is 5.15. The molecule has 13 heavy (non-hydrogen) atoms. The molecule has 0 unspecified atom stereocenters. The highest BCUT2D eigenvalue weighted by atomic mass is 79.9. The average molecular weight is 309 g/mol. The molecule has 0 spiro atoms. The number of ether oxygens (including phenoxy) is 1. The summed E-state index contributed by atoms with van der Waals surface area (Å²) in [6.07, 6.45) is 0. The topological polar surface area (TPSA) is 38.7 Å². The van der Waals surface area contributed by atoms with Crippen LogP contribution < -0.4 is 4.74 Å². The van der Waals surface area contributed by atoms with Gasteiger partial charge in [-0.25, -0.2) is 0 Å². The maximum Gasteiger partial charge on any atom is 0.121 e. The molecule has 0 fully saturated rings. The Bertz CT molecular complexity index is 315. The van der Waals surface area contributed by atoms with Crippen LogP contribution in [0.5, 0.6) is 5.75 Å². The van der Waals surface area contributed by atoms with Gasteiger partial charge in [0.15, 0.2) is 0 Å². The van der Waals surface area contributed by atoms with Crippen molar-refractivity contribution in [3.8, 4) is 5.75 Å². The monoisotopic (exact) mass is 307 g/mol. The van der Waals surface area contributed by atoms with E-state index in [0.29, 0.717) is 11.4 Å². The molecule has 0 radical (unpaired) electrons. The van der Waals surface area contributed by atoms with Gasteiger partial charge in [-0.2, -0.15) is 0 Å². The van der Waals surface area contributed by atoms with Gasteiger partial charge in [0.1, 0.15) is 11.4 Å². The van der Waals surface area contributed by atoms with Crippen molar-refractivity contribution in [3.63, 3.8) is 0 Å². The molecule has 0 aromatic heterocycles. The van der Waals surface area contributed by atoms with E-state index in [-0.39, 0.29) is 3.74 Å². The van der Waals surface area contributed by atoms with Crippen LogP contribution in [-0.2, 0) is 0 Å². The lowest BCUT2D eigenvalue weighted by molar-refractivity contribution is 0.415. The van der Waals surface area contributed by atoms with Gasteiger partial charge in [-0.15, -0.1) is 4.91 Å². The number of nitrogens with zero attached hydrogens (tertiary/aromatic N) is 1. The lowest BCUT2D eigenvalue weighted by Crippen LogP contribution is -1.85.